The Morgan fingerprint density at radius 3 is 2.00 bits per heavy atom. The zero-order valence-electron chi connectivity index (χ0n) is 11.4. The molecule has 0 aliphatic heterocycles. The quantitative estimate of drug-likeness (QED) is 0.354. The molecule has 1 unspecified atom stereocenters. The summed E-state index contributed by atoms with van der Waals surface area (Å²) in [7, 11) is 0. The predicted molar refractivity (Wildman–Crippen MR) is 63.8 cm³/mol. The van der Waals surface area contributed by atoms with E-state index in [0.717, 1.165) is 0 Å². The van der Waals surface area contributed by atoms with Gasteiger partial charge in [-0.3, -0.25) is 9.59 Å². The van der Waals surface area contributed by atoms with Crippen LogP contribution in [0.3, 0.4) is 0 Å². The lowest BCUT2D eigenvalue weighted by molar-refractivity contribution is -0.181. The summed E-state index contributed by atoms with van der Waals surface area (Å²) in [6.07, 6.45) is -0.0290. The Hall–Kier alpha value is -1.14. The van der Waals surface area contributed by atoms with Crippen LogP contribution in [-0.2, 0) is 28.5 Å². The molecule has 1 atom stereocenters. The van der Waals surface area contributed by atoms with E-state index in [-0.39, 0.29) is 37.9 Å². The number of rotatable bonds is 9. The lowest BCUT2D eigenvalue weighted by Crippen LogP contribution is -2.25. The number of carbonyl (C=O) groups is 2. The Balaban J connectivity index is 3.83. The van der Waals surface area contributed by atoms with Crippen LogP contribution < -0.4 is 0 Å². The van der Waals surface area contributed by atoms with Crippen LogP contribution in [0.4, 0.5) is 0 Å². The van der Waals surface area contributed by atoms with Crippen LogP contribution in [0.2, 0.25) is 0 Å². The summed E-state index contributed by atoms with van der Waals surface area (Å²) in [5.41, 5.74) is 0. The van der Waals surface area contributed by atoms with Crippen LogP contribution >= 0.6 is 0 Å². The molecule has 0 saturated carbocycles. The molecular weight excluding hydrogens is 240 g/mol. The van der Waals surface area contributed by atoms with Gasteiger partial charge in [-0.1, -0.05) is 0 Å². The summed E-state index contributed by atoms with van der Waals surface area (Å²) >= 11 is 0. The average Bonchev–Trinajstić information content (AvgIpc) is 2.22. The van der Waals surface area contributed by atoms with Gasteiger partial charge in [0.2, 0.25) is 0 Å². The highest BCUT2D eigenvalue weighted by atomic mass is 16.7. The molecule has 0 aromatic rings. The van der Waals surface area contributed by atoms with Gasteiger partial charge < -0.3 is 18.9 Å². The lowest BCUT2D eigenvalue weighted by Gasteiger charge is -2.20. The van der Waals surface area contributed by atoms with Crippen molar-refractivity contribution in [3.05, 3.63) is 0 Å². The first-order chi connectivity index (χ1) is 8.41. The summed E-state index contributed by atoms with van der Waals surface area (Å²) < 4.78 is 20.4. The standard InChI is InChI=1S/C12H22O6/c1-9(2)18-12(5-6-15-10(3)13)17-8-7-16-11(4)14/h9,12H,5-8H2,1-4H3. The molecule has 0 aromatic heterocycles. The highest BCUT2D eigenvalue weighted by Gasteiger charge is 2.12. The molecule has 0 aliphatic carbocycles. The maximum atomic E-state index is 10.6. The first kappa shape index (κ1) is 16.9. The Kier molecular flexibility index (Phi) is 9.22. The largest absolute Gasteiger partial charge is 0.466 e. The normalized spacial score (nSPS) is 12.3. The molecule has 0 amide bonds. The van der Waals surface area contributed by atoms with Crippen molar-refractivity contribution < 1.29 is 28.5 Å². The van der Waals surface area contributed by atoms with Gasteiger partial charge in [0.25, 0.3) is 0 Å². The van der Waals surface area contributed by atoms with E-state index in [0.29, 0.717) is 6.42 Å². The Bertz CT molecular complexity index is 251. The van der Waals surface area contributed by atoms with Gasteiger partial charge in [0.05, 0.1) is 19.3 Å². The zero-order chi connectivity index (χ0) is 14.0. The minimum absolute atomic E-state index is 0.000975. The van der Waals surface area contributed by atoms with Crippen molar-refractivity contribution in [1.82, 2.24) is 0 Å². The second-order valence-electron chi connectivity index (χ2n) is 3.95. The molecule has 0 saturated heterocycles. The van der Waals surface area contributed by atoms with Gasteiger partial charge in [0, 0.05) is 20.3 Å². The van der Waals surface area contributed by atoms with Crippen LogP contribution in [0.1, 0.15) is 34.1 Å². The average molecular weight is 262 g/mol. The molecule has 106 valence electrons. The minimum Gasteiger partial charge on any atom is -0.466 e. The second-order valence-corrected chi connectivity index (χ2v) is 3.95. The number of hydrogen-bond donors (Lipinski definition) is 0. The highest BCUT2D eigenvalue weighted by molar-refractivity contribution is 5.66. The van der Waals surface area contributed by atoms with Gasteiger partial charge in [-0.25, -0.2) is 0 Å². The minimum atomic E-state index is -0.472. The molecule has 0 N–H and O–H groups in total. The van der Waals surface area contributed by atoms with E-state index in [2.05, 4.69) is 0 Å². The maximum Gasteiger partial charge on any atom is 0.302 e. The molecule has 0 rings (SSSR count). The molecule has 18 heavy (non-hydrogen) atoms. The lowest BCUT2D eigenvalue weighted by atomic mass is 10.4. The van der Waals surface area contributed by atoms with Crippen LogP contribution in [0.5, 0.6) is 0 Å². The molecular formula is C12H22O6. The van der Waals surface area contributed by atoms with Crippen molar-refractivity contribution in [3.63, 3.8) is 0 Å². The molecule has 0 radical (unpaired) electrons. The van der Waals surface area contributed by atoms with Crippen LogP contribution in [0, 0.1) is 0 Å². The smallest absolute Gasteiger partial charge is 0.302 e. The molecule has 6 nitrogen and oxygen atoms in total. The molecule has 0 bridgehead atoms. The number of esters is 2. The Morgan fingerprint density at radius 1 is 0.944 bits per heavy atom. The molecule has 0 spiro atoms. The van der Waals surface area contributed by atoms with Crippen LogP contribution in [-0.4, -0.2) is 44.2 Å². The fourth-order valence-corrected chi connectivity index (χ4v) is 1.16. The van der Waals surface area contributed by atoms with Crippen molar-refractivity contribution in [2.24, 2.45) is 0 Å². The van der Waals surface area contributed by atoms with Gasteiger partial charge in [-0.15, -0.1) is 0 Å². The summed E-state index contributed by atoms with van der Waals surface area (Å²) in [6, 6.07) is 0. The first-order valence-electron chi connectivity index (χ1n) is 5.95. The van der Waals surface area contributed by atoms with E-state index in [4.69, 9.17) is 18.9 Å². The SMILES string of the molecule is CC(=O)OCCOC(CCOC(C)=O)OC(C)C. The van der Waals surface area contributed by atoms with Gasteiger partial charge in [0.15, 0.2) is 6.29 Å². The molecule has 0 heterocycles. The van der Waals surface area contributed by atoms with E-state index in [1.807, 2.05) is 13.8 Å². The van der Waals surface area contributed by atoms with Crippen LogP contribution in [0.15, 0.2) is 0 Å². The molecule has 0 aromatic carbocycles. The van der Waals surface area contributed by atoms with E-state index < -0.39 is 6.29 Å². The van der Waals surface area contributed by atoms with E-state index in [1.165, 1.54) is 13.8 Å². The van der Waals surface area contributed by atoms with Crippen molar-refractivity contribution in [1.29, 1.82) is 0 Å². The van der Waals surface area contributed by atoms with E-state index in [9.17, 15) is 9.59 Å². The van der Waals surface area contributed by atoms with Gasteiger partial charge >= 0.3 is 11.9 Å². The fraction of sp³-hybridized carbons (Fsp3) is 0.833. The number of ether oxygens (including phenoxy) is 4. The van der Waals surface area contributed by atoms with Crippen molar-refractivity contribution in [2.45, 2.75) is 46.5 Å². The second kappa shape index (κ2) is 9.85. The summed E-state index contributed by atoms with van der Waals surface area (Å²) in [6.45, 7) is 7.11. The fourth-order valence-electron chi connectivity index (χ4n) is 1.16. The first-order valence-corrected chi connectivity index (χ1v) is 5.95. The monoisotopic (exact) mass is 262 g/mol. The molecule has 0 fully saturated rings. The Labute approximate surface area is 108 Å². The molecule has 0 aliphatic rings. The zero-order valence-corrected chi connectivity index (χ0v) is 11.4. The van der Waals surface area contributed by atoms with Crippen molar-refractivity contribution >= 4 is 11.9 Å². The van der Waals surface area contributed by atoms with Gasteiger partial charge in [-0.05, 0) is 13.8 Å². The topological polar surface area (TPSA) is 71.1 Å². The van der Waals surface area contributed by atoms with Crippen LogP contribution in [0.25, 0.3) is 0 Å². The predicted octanol–water partition coefficient (Wildman–Crippen LogP) is 1.27. The third-order valence-corrected chi connectivity index (χ3v) is 1.78. The van der Waals surface area contributed by atoms with Gasteiger partial charge in [-0.2, -0.15) is 0 Å². The summed E-state index contributed by atoms with van der Waals surface area (Å²) in [5, 5.41) is 0. The van der Waals surface area contributed by atoms with Crippen molar-refractivity contribution in [3.8, 4) is 0 Å². The summed E-state index contributed by atoms with van der Waals surface area (Å²) in [5.74, 6) is -0.682. The van der Waals surface area contributed by atoms with E-state index in [1.54, 1.807) is 0 Å². The third-order valence-electron chi connectivity index (χ3n) is 1.78. The third kappa shape index (κ3) is 11.3. The highest BCUT2D eigenvalue weighted by Crippen LogP contribution is 2.05. The van der Waals surface area contributed by atoms with Crippen molar-refractivity contribution in [2.75, 3.05) is 19.8 Å². The number of hydrogen-bond acceptors (Lipinski definition) is 6. The maximum absolute atomic E-state index is 10.6. The van der Waals surface area contributed by atoms with E-state index >= 15 is 0 Å². The van der Waals surface area contributed by atoms with Gasteiger partial charge in [0.1, 0.15) is 6.61 Å². The number of carbonyl (C=O) groups excluding carboxylic acids is 2. The Morgan fingerprint density at radius 2 is 1.50 bits per heavy atom. The summed E-state index contributed by atoms with van der Waals surface area (Å²) in [4.78, 5) is 21.2. The molecule has 6 heteroatoms.